The molecule has 0 heterocycles. The standard InChI is InChI=1S/C16H26ClNO/c1-14(2)8-10-19-11-9-18-16(13-17)12-15-6-4-3-5-7-15/h3-7,14,16,18H,8-13H2,1-2H3. The normalized spacial score (nSPS) is 12.8. The van der Waals surface area contributed by atoms with E-state index in [-0.39, 0.29) is 0 Å². The molecule has 0 saturated heterocycles. The van der Waals surface area contributed by atoms with E-state index in [1.165, 1.54) is 5.56 Å². The minimum Gasteiger partial charge on any atom is -0.380 e. The third-order valence-electron chi connectivity index (χ3n) is 3.03. The quantitative estimate of drug-likeness (QED) is 0.524. The van der Waals surface area contributed by atoms with Crippen molar-refractivity contribution in [3.63, 3.8) is 0 Å². The fourth-order valence-corrected chi connectivity index (χ4v) is 2.05. The van der Waals surface area contributed by atoms with Crippen LogP contribution in [0.4, 0.5) is 0 Å². The molecule has 19 heavy (non-hydrogen) atoms. The molecule has 1 aromatic carbocycles. The molecule has 0 fully saturated rings. The average Bonchev–Trinajstić information content (AvgIpc) is 2.42. The van der Waals surface area contributed by atoms with Gasteiger partial charge in [-0.05, 0) is 24.3 Å². The van der Waals surface area contributed by atoms with E-state index in [0.717, 1.165) is 32.6 Å². The van der Waals surface area contributed by atoms with Crippen LogP contribution in [0.15, 0.2) is 30.3 Å². The molecule has 0 amide bonds. The molecule has 0 bridgehead atoms. The van der Waals surface area contributed by atoms with Gasteiger partial charge in [0, 0.05) is 25.1 Å². The number of benzene rings is 1. The van der Waals surface area contributed by atoms with Gasteiger partial charge in [0.25, 0.3) is 0 Å². The number of hydrogen-bond donors (Lipinski definition) is 1. The Morgan fingerprint density at radius 2 is 1.89 bits per heavy atom. The Morgan fingerprint density at radius 1 is 1.16 bits per heavy atom. The molecule has 0 radical (unpaired) electrons. The Morgan fingerprint density at radius 3 is 2.53 bits per heavy atom. The highest BCUT2D eigenvalue weighted by Crippen LogP contribution is 2.04. The number of halogens is 1. The third kappa shape index (κ3) is 8.25. The molecule has 0 aliphatic heterocycles. The number of nitrogens with one attached hydrogen (secondary N) is 1. The zero-order valence-corrected chi connectivity index (χ0v) is 12.8. The topological polar surface area (TPSA) is 21.3 Å². The highest BCUT2D eigenvalue weighted by Gasteiger charge is 2.07. The van der Waals surface area contributed by atoms with E-state index in [2.05, 4.69) is 43.4 Å². The van der Waals surface area contributed by atoms with Gasteiger partial charge in [0.05, 0.1) is 6.61 Å². The number of ether oxygens (including phenoxy) is 1. The zero-order chi connectivity index (χ0) is 13.9. The molecule has 1 rings (SSSR count). The van der Waals surface area contributed by atoms with Crippen molar-refractivity contribution in [3.05, 3.63) is 35.9 Å². The van der Waals surface area contributed by atoms with Crippen molar-refractivity contribution in [2.24, 2.45) is 5.92 Å². The van der Waals surface area contributed by atoms with Crippen LogP contribution in [0.3, 0.4) is 0 Å². The van der Waals surface area contributed by atoms with Gasteiger partial charge in [-0.1, -0.05) is 44.2 Å². The van der Waals surface area contributed by atoms with Crippen molar-refractivity contribution in [1.82, 2.24) is 5.32 Å². The lowest BCUT2D eigenvalue weighted by atomic mass is 10.1. The maximum atomic E-state index is 6.00. The summed E-state index contributed by atoms with van der Waals surface area (Å²) in [4.78, 5) is 0. The number of hydrogen-bond acceptors (Lipinski definition) is 2. The maximum absolute atomic E-state index is 6.00. The molecule has 1 atom stereocenters. The summed E-state index contributed by atoms with van der Waals surface area (Å²) in [5.41, 5.74) is 1.32. The summed E-state index contributed by atoms with van der Waals surface area (Å²) in [6.45, 7) is 6.90. The molecule has 3 heteroatoms. The lowest BCUT2D eigenvalue weighted by molar-refractivity contribution is 0.124. The maximum Gasteiger partial charge on any atom is 0.0591 e. The van der Waals surface area contributed by atoms with Crippen molar-refractivity contribution in [3.8, 4) is 0 Å². The molecule has 0 saturated carbocycles. The summed E-state index contributed by atoms with van der Waals surface area (Å²) < 4.78 is 5.58. The Balaban J connectivity index is 2.12. The second-order valence-corrected chi connectivity index (χ2v) is 5.60. The second kappa shape index (κ2) is 10.2. The monoisotopic (exact) mass is 283 g/mol. The first-order valence-electron chi connectivity index (χ1n) is 7.13. The van der Waals surface area contributed by atoms with Crippen LogP contribution in [0.1, 0.15) is 25.8 Å². The van der Waals surface area contributed by atoms with E-state index in [1.807, 2.05) is 6.07 Å². The predicted molar refractivity (Wildman–Crippen MR) is 82.9 cm³/mol. The van der Waals surface area contributed by atoms with Gasteiger partial charge in [-0.2, -0.15) is 0 Å². The van der Waals surface area contributed by atoms with Crippen LogP contribution >= 0.6 is 11.6 Å². The van der Waals surface area contributed by atoms with Gasteiger partial charge in [0.2, 0.25) is 0 Å². The second-order valence-electron chi connectivity index (χ2n) is 5.29. The summed E-state index contributed by atoms with van der Waals surface area (Å²) in [6, 6.07) is 10.8. The Kier molecular flexibility index (Phi) is 8.89. The van der Waals surface area contributed by atoms with E-state index in [9.17, 15) is 0 Å². The summed E-state index contributed by atoms with van der Waals surface area (Å²) >= 11 is 6.00. The Labute approximate surface area is 122 Å². The summed E-state index contributed by atoms with van der Waals surface area (Å²) in [6.07, 6.45) is 2.10. The molecule has 0 aliphatic carbocycles. The van der Waals surface area contributed by atoms with Crippen LogP contribution in [0.25, 0.3) is 0 Å². The number of rotatable bonds is 10. The van der Waals surface area contributed by atoms with Crippen molar-refractivity contribution < 1.29 is 4.74 Å². The van der Waals surface area contributed by atoms with E-state index in [0.29, 0.717) is 17.8 Å². The minimum absolute atomic E-state index is 0.317. The summed E-state index contributed by atoms with van der Waals surface area (Å²) in [5, 5.41) is 3.45. The largest absolute Gasteiger partial charge is 0.380 e. The average molecular weight is 284 g/mol. The highest BCUT2D eigenvalue weighted by atomic mass is 35.5. The molecule has 0 aromatic heterocycles. The van der Waals surface area contributed by atoms with Crippen molar-refractivity contribution in [1.29, 1.82) is 0 Å². The fourth-order valence-electron chi connectivity index (χ4n) is 1.84. The van der Waals surface area contributed by atoms with E-state index >= 15 is 0 Å². The summed E-state index contributed by atoms with van der Waals surface area (Å²) in [5.74, 6) is 1.34. The molecule has 1 aromatic rings. The van der Waals surface area contributed by atoms with Crippen LogP contribution in [0, 0.1) is 5.92 Å². The fraction of sp³-hybridized carbons (Fsp3) is 0.625. The highest BCUT2D eigenvalue weighted by molar-refractivity contribution is 6.18. The van der Waals surface area contributed by atoms with E-state index in [1.54, 1.807) is 0 Å². The van der Waals surface area contributed by atoms with Gasteiger partial charge in [0.1, 0.15) is 0 Å². The van der Waals surface area contributed by atoms with Gasteiger partial charge >= 0.3 is 0 Å². The van der Waals surface area contributed by atoms with Crippen molar-refractivity contribution >= 4 is 11.6 Å². The van der Waals surface area contributed by atoms with Gasteiger partial charge in [0.15, 0.2) is 0 Å². The first kappa shape index (κ1) is 16.5. The van der Waals surface area contributed by atoms with Crippen molar-refractivity contribution in [2.75, 3.05) is 25.6 Å². The predicted octanol–water partition coefficient (Wildman–Crippen LogP) is 3.49. The van der Waals surface area contributed by atoms with Gasteiger partial charge in [-0.25, -0.2) is 0 Å². The van der Waals surface area contributed by atoms with E-state index in [4.69, 9.17) is 16.3 Å². The zero-order valence-electron chi connectivity index (χ0n) is 12.1. The molecule has 0 aliphatic rings. The molecule has 1 unspecified atom stereocenters. The molecule has 108 valence electrons. The molecular weight excluding hydrogens is 258 g/mol. The van der Waals surface area contributed by atoms with Gasteiger partial charge < -0.3 is 10.1 Å². The molecular formula is C16H26ClNO. The SMILES string of the molecule is CC(C)CCOCCNC(CCl)Cc1ccccc1. The first-order chi connectivity index (χ1) is 9.22. The summed E-state index contributed by atoms with van der Waals surface area (Å²) in [7, 11) is 0. The van der Waals surface area contributed by atoms with Crippen LogP contribution in [0.2, 0.25) is 0 Å². The van der Waals surface area contributed by atoms with E-state index < -0.39 is 0 Å². The van der Waals surface area contributed by atoms with Gasteiger partial charge in [-0.3, -0.25) is 0 Å². The third-order valence-corrected chi connectivity index (χ3v) is 3.40. The van der Waals surface area contributed by atoms with Gasteiger partial charge in [-0.15, -0.1) is 11.6 Å². The van der Waals surface area contributed by atoms with Crippen LogP contribution < -0.4 is 5.32 Å². The molecule has 0 spiro atoms. The smallest absolute Gasteiger partial charge is 0.0591 e. The molecule has 1 N–H and O–H groups in total. The first-order valence-corrected chi connectivity index (χ1v) is 7.67. The van der Waals surface area contributed by atoms with Crippen molar-refractivity contribution in [2.45, 2.75) is 32.7 Å². The lowest BCUT2D eigenvalue weighted by Crippen LogP contribution is -2.35. The van der Waals surface area contributed by atoms with Crippen LogP contribution in [0.5, 0.6) is 0 Å². The lowest BCUT2D eigenvalue weighted by Gasteiger charge is -2.16. The number of alkyl halides is 1. The minimum atomic E-state index is 0.317. The van der Waals surface area contributed by atoms with Crippen LogP contribution in [-0.2, 0) is 11.2 Å². The molecule has 2 nitrogen and oxygen atoms in total. The van der Waals surface area contributed by atoms with Crippen LogP contribution in [-0.4, -0.2) is 31.7 Å². The Bertz CT molecular complexity index is 316. The Hall–Kier alpha value is -0.570.